The summed E-state index contributed by atoms with van der Waals surface area (Å²) in [6.45, 7) is 1.12. The van der Waals surface area contributed by atoms with E-state index in [2.05, 4.69) is 15.4 Å². The van der Waals surface area contributed by atoms with Gasteiger partial charge in [-0.1, -0.05) is 35.0 Å². The molecule has 3 heterocycles. The Morgan fingerprint density at radius 3 is 2.89 bits per heavy atom. The van der Waals surface area contributed by atoms with Crippen molar-refractivity contribution in [1.29, 1.82) is 0 Å². The molecule has 1 aromatic carbocycles. The molecule has 1 N–H and O–H groups in total. The SMILES string of the molecule is O=C(c1onc2c1CCCC2)N1CCc2[nH]nc(-c3ccccc3Cl)c2C1. The van der Waals surface area contributed by atoms with E-state index in [0.717, 1.165) is 65.9 Å². The minimum atomic E-state index is -0.0809. The van der Waals surface area contributed by atoms with Gasteiger partial charge in [0.15, 0.2) is 0 Å². The predicted octanol–water partition coefficient (Wildman–Crippen LogP) is 3.80. The second-order valence-corrected chi connectivity index (χ2v) is 7.54. The lowest BCUT2D eigenvalue weighted by atomic mass is 9.95. The van der Waals surface area contributed by atoms with Gasteiger partial charge in [0.1, 0.15) is 0 Å². The fourth-order valence-electron chi connectivity index (χ4n) is 4.05. The summed E-state index contributed by atoms with van der Waals surface area (Å²) in [5.41, 5.74) is 5.72. The molecular weight excluding hydrogens is 364 g/mol. The molecule has 0 unspecified atom stereocenters. The Balaban J connectivity index is 1.46. The van der Waals surface area contributed by atoms with Crippen LogP contribution in [0.2, 0.25) is 5.02 Å². The van der Waals surface area contributed by atoms with Gasteiger partial charge in [-0.15, -0.1) is 0 Å². The Morgan fingerprint density at radius 1 is 1.15 bits per heavy atom. The minimum Gasteiger partial charge on any atom is -0.350 e. The lowest BCUT2D eigenvalue weighted by molar-refractivity contribution is 0.0691. The van der Waals surface area contributed by atoms with Crippen LogP contribution in [0.1, 0.15) is 45.9 Å². The molecule has 0 saturated heterocycles. The van der Waals surface area contributed by atoms with Gasteiger partial charge in [-0.05, 0) is 31.7 Å². The second kappa shape index (κ2) is 6.53. The number of fused-ring (bicyclic) bond motifs is 2. The van der Waals surface area contributed by atoms with Gasteiger partial charge in [0.05, 0.1) is 23.0 Å². The van der Waals surface area contributed by atoms with E-state index in [4.69, 9.17) is 16.1 Å². The van der Waals surface area contributed by atoms with E-state index in [1.54, 1.807) is 0 Å². The maximum Gasteiger partial charge on any atom is 0.293 e. The first kappa shape index (κ1) is 16.6. The zero-order valence-corrected chi connectivity index (χ0v) is 15.6. The van der Waals surface area contributed by atoms with Crippen molar-refractivity contribution in [3.63, 3.8) is 0 Å². The molecule has 2 aliphatic rings. The Bertz CT molecular complexity index is 1020. The zero-order valence-electron chi connectivity index (χ0n) is 14.8. The first-order chi connectivity index (χ1) is 13.2. The molecule has 2 aromatic heterocycles. The summed E-state index contributed by atoms with van der Waals surface area (Å²) in [5.74, 6) is 0.332. The van der Waals surface area contributed by atoms with Crippen molar-refractivity contribution in [2.75, 3.05) is 6.54 Å². The third kappa shape index (κ3) is 2.75. The first-order valence-electron chi connectivity index (χ1n) is 9.30. The summed E-state index contributed by atoms with van der Waals surface area (Å²) in [5, 5.41) is 12.4. The Hall–Kier alpha value is -2.60. The molecule has 0 saturated carbocycles. The van der Waals surface area contributed by atoms with E-state index in [9.17, 15) is 4.79 Å². The maximum absolute atomic E-state index is 13.1. The van der Waals surface area contributed by atoms with Gasteiger partial charge in [-0.2, -0.15) is 5.10 Å². The summed E-state index contributed by atoms with van der Waals surface area (Å²) < 4.78 is 5.45. The number of carbonyl (C=O) groups excluding carboxylic acids is 1. The summed E-state index contributed by atoms with van der Waals surface area (Å²) in [4.78, 5) is 14.9. The van der Waals surface area contributed by atoms with Crippen molar-refractivity contribution in [2.24, 2.45) is 0 Å². The summed E-state index contributed by atoms with van der Waals surface area (Å²) in [6.07, 6.45) is 4.69. The van der Waals surface area contributed by atoms with E-state index < -0.39 is 0 Å². The number of rotatable bonds is 2. The van der Waals surface area contributed by atoms with Crippen LogP contribution in [0.4, 0.5) is 0 Å². The van der Waals surface area contributed by atoms with E-state index in [0.29, 0.717) is 23.9 Å². The highest BCUT2D eigenvalue weighted by Gasteiger charge is 2.31. The molecule has 0 fully saturated rings. The average Bonchev–Trinajstić information content (AvgIpc) is 3.31. The Labute approximate surface area is 161 Å². The van der Waals surface area contributed by atoms with Crippen LogP contribution in [-0.4, -0.2) is 32.7 Å². The van der Waals surface area contributed by atoms with Gasteiger partial charge in [0, 0.05) is 35.3 Å². The first-order valence-corrected chi connectivity index (χ1v) is 9.68. The van der Waals surface area contributed by atoms with Gasteiger partial charge in [-0.25, -0.2) is 0 Å². The third-order valence-corrected chi connectivity index (χ3v) is 5.83. The largest absolute Gasteiger partial charge is 0.350 e. The van der Waals surface area contributed by atoms with Crippen molar-refractivity contribution in [1.82, 2.24) is 20.3 Å². The lowest BCUT2D eigenvalue weighted by Crippen LogP contribution is -2.36. The minimum absolute atomic E-state index is 0.0809. The number of benzene rings is 1. The number of halogens is 1. The fraction of sp³-hybridized carbons (Fsp3) is 0.350. The molecule has 0 radical (unpaired) electrons. The normalized spacial score (nSPS) is 16.1. The highest BCUT2D eigenvalue weighted by Crippen LogP contribution is 2.33. The van der Waals surface area contributed by atoms with Crippen LogP contribution in [-0.2, 0) is 25.8 Å². The van der Waals surface area contributed by atoms with Gasteiger partial charge >= 0.3 is 0 Å². The van der Waals surface area contributed by atoms with Crippen molar-refractivity contribution < 1.29 is 9.32 Å². The average molecular weight is 383 g/mol. The van der Waals surface area contributed by atoms with Crippen LogP contribution in [0, 0.1) is 0 Å². The molecule has 0 spiro atoms. The predicted molar refractivity (Wildman–Crippen MR) is 101 cm³/mol. The summed E-state index contributed by atoms with van der Waals surface area (Å²) in [6, 6.07) is 7.64. The number of aromatic amines is 1. The van der Waals surface area contributed by atoms with Crippen LogP contribution in [0.3, 0.4) is 0 Å². The van der Waals surface area contributed by atoms with E-state index in [1.807, 2.05) is 29.2 Å². The molecule has 1 aliphatic carbocycles. The van der Waals surface area contributed by atoms with Crippen LogP contribution in [0.5, 0.6) is 0 Å². The molecule has 1 amide bonds. The van der Waals surface area contributed by atoms with Crippen molar-refractivity contribution in [3.8, 4) is 11.3 Å². The highest BCUT2D eigenvalue weighted by molar-refractivity contribution is 6.33. The monoisotopic (exact) mass is 382 g/mol. The molecule has 138 valence electrons. The third-order valence-electron chi connectivity index (χ3n) is 5.50. The molecule has 7 heteroatoms. The van der Waals surface area contributed by atoms with E-state index in [-0.39, 0.29) is 5.91 Å². The number of nitrogens with zero attached hydrogens (tertiary/aromatic N) is 3. The van der Waals surface area contributed by atoms with Crippen molar-refractivity contribution in [2.45, 2.75) is 38.6 Å². The zero-order chi connectivity index (χ0) is 18.4. The molecule has 0 bridgehead atoms. The quantitative estimate of drug-likeness (QED) is 0.731. The standard InChI is InChI=1S/C20H19ClN4O2/c21-15-7-3-1-5-12(15)18-14-11-25(10-9-16(14)22-23-18)20(26)19-13-6-2-4-8-17(13)24-27-19/h1,3,5,7H,2,4,6,8-11H2,(H,22,23). The van der Waals surface area contributed by atoms with Crippen molar-refractivity contribution >= 4 is 17.5 Å². The number of hydrogen-bond acceptors (Lipinski definition) is 4. The van der Waals surface area contributed by atoms with E-state index in [1.165, 1.54) is 0 Å². The van der Waals surface area contributed by atoms with E-state index >= 15 is 0 Å². The number of carbonyl (C=O) groups is 1. The van der Waals surface area contributed by atoms with Crippen LogP contribution in [0.15, 0.2) is 28.8 Å². The number of hydrogen-bond donors (Lipinski definition) is 1. The van der Waals surface area contributed by atoms with Gasteiger partial charge in [-0.3, -0.25) is 9.89 Å². The van der Waals surface area contributed by atoms with Gasteiger partial charge in [0.25, 0.3) is 5.91 Å². The number of amides is 1. The highest BCUT2D eigenvalue weighted by atomic mass is 35.5. The maximum atomic E-state index is 13.1. The molecule has 27 heavy (non-hydrogen) atoms. The lowest BCUT2D eigenvalue weighted by Gasteiger charge is -2.26. The topological polar surface area (TPSA) is 75.0 Å². The van der Waals surface area contributed by atoms with Crippen molar-refractivity contribution in [3.05, 3.63) is 57.6 Å². The number of nitrogens with one attached hydrogen (secondary N) is 1. The molecule has 6 nitrogen and oxygen atoms in total. The molecular formula is C20H19ClN4O2. The Kier molecular flexibility index (Phi) is 4.01. The van der Waals surface area contributed by atoms with Crippen LogP contribution >= 0.6 is 11.6 Å². The van der Waals surface area contributed by atoms with Gasteiger partial charge < -0.3 is 9.42 Å². The van der Waals surface area contributed by atoms with Crippen LogP contribution in [0.25, 0.3) is 11.3 Å². The summed E-state index contributed by atoms with van der Waals surface area (Å²) in [7, 11) is 0. The van der Waals surface area contributed by atoms with Gasteiger partial charge in [0.2, 0.25) is 5.76 Å². The summed E-state index contributed by atoms with van der Waals surface area (Å²) >= 11 is 6.36. The molecule has 5 rings (SSSR count). The number of aromatic nitrogens is 3. The number of aryl methyl sites for hydroxylation is 1. The molecule has 1 aliphatic heterocycles. The fourth-order valence-corrected chi connectivity index (χ4v) is 4.27. The molecule has 3 aromatic rings. The second-order valence-electron chi connectivity index (χ2n) is 7.13. The molecule has 0 atom stereocenters. The van der Waals surface area contributed by atoms with Crippen LogP contribution < -0.4 is 0 Å². The Morgan fingerprint density at radius 2 is 2.00 bits per heavy atom. The smallest absolute Gasteiger partial charge is 0.293 e. The number of H-pyrrole nitrogens is 1.